The number of benzene rings is 3. The van der Waals surface area contributed by atoms with E-state index in [-0.39, 0.29) is 13.0 Å². The van der Waals surface area contributed by atoms with Gasteiger partial charge in [0.1, 0.15) is 18.1 Å². The molecule has 1 unspecified atom stereocenters. The summed E-state index contributed by atoms with van der Waals surface area (Å²) < 4.78 is 22.6. The minimum Gasteiger partial charge on any atom is -0.492 e. The molecule has 0 saturated heterocycles. The van der Waals surface area contributed by atoms with Crippen molar-refractivity contribution in [3.05, 3.63) is 93.5 Å². The molecule has 0 aliphatic heterocycles. The molecular weight excluding hydrogens is 581 g/mol. The normalized spacial score (nSPS) is 11.6. The highest BCUT2D eigenvalue weighted by Gasteiger charge is 2.19. The Morgan fingerprint density at radius 3 is 2.29 bits per heavy atom. The first-order valence-electron chi connectivity index (χ1n) is 13.9. The minimum atomic E-state index is -0.993. The molecule has 0 aromatic heterocycles. The van der Waals surface area contributed by atoms with E-state index in [2.05, 4.69) is 0 Å². The fourth-order valence-electron chi connectivity index (χ4n) is 4.14. The van der Waals surface area contributed by atoms with Crippen LogP contribution >= 0.6 is 23.2 Å². The number of para-hydroxylation sites is 1. The Balaban J connectivity index is 1.50. The van der Waals surface area contributed by atoms with Crippen LogP contribution in [0.25, 0.3) is 0 Å². The Morgan fingerprint density at radius 1 is 0.905 bits per heavy atom. The van der Waals surface area contributed by atoms with Gasteiger partial charge in [-0.05, 0) is 79.8 Å². The molecule has 1 atom stereocenters. The predicted molar refractivity (Wildman–Crippen MR) is 163 cm³/mol. The van der Waals surface area contributed by atoms with Gasteiger partial charge in [0.15, 0.2) is 6.10 Å². The molecule has 1 amide bonds. The van der Waals surface area contributed by atoms with Crippen molar-refractivity contribution in [1.82, 2.24) is 4.90 Å². The lowest BCUT2D eigenvalue weighted by molar-refractivity contribution is -0.149. The number of carboxylic acid groups (broad SMARTS) is 1. The van der Waals surface area contributed by atoms with E-state index in [0.29, 0.717) is 60.9 Å². The molecule has 226 valence electrons. The quantitative estimate of drug-likeness (QED) is 0.160. The van der Waals surface area contributed by atoms with Crippen molar-refractivity contribution in [2.45, 2.75) is 45.8 Å². The van der Waals surface area contributed by atoms with Crippen LogP contribution in [0.4, 0.5) is 4.79 Å². The SMILES string of the molecule is CCOC(Cc1ccc(OCCN(CCCCOCc2cc(Cl)cc(Cl)c2)C(=O)Oc2ccccc2C)cc1)C(=O)O. The van der Waals surface area contributed by atoms with Crippen molar-refractivity contribution in [1.29, 1.82) is 0 Å². The molecule has 8 nitrogen and oxygen atoms in total. The fraction of sp³-hybridized carbons (Fsp3) is 0.375. The van der Waals surface area contributed by atoms with Crippen LogP contribution in [0.3, 0.4) is 0 Å². The number of halogens is 2. The van der Waals surface area contributed by atoms with Crippen LogP contribution in [0.1, 0.15) is 36.5 Å². The van der Waals surface area contributed by atoms with Gasteiger partial charge in [-0.3, -0.25) is 0 Å². The van der Waals surface area contributed by atoms with Crippen molar-refractivity contribution < 1.29 is 33.6 Å². The van der Waals surface area contributed by atoms with Crippen LogP contribution in [0, 0.1) is 6.92 Å². The minimum absolute atomic E-state index is 0.255. The number of aliphatic carboxylic acids is 1. The van der Waals surface area contributed by atoms with Crippen molar-refractivity contribution in [2.24, 2.45) is 0 Å². The molecule has 0 saturated carbocycles. The summed E-state index contributed by atoms with van der Waals surface area (Å²) in [4.78, 5) is 26.0. The Bertz CT molecular complexity index is 1270. The summed E-state index contributed by atoms with van der Waals surface area (Å²) in [6.07, 6.45) is 0.365. The van der Waals surface area contributed by atoms with Crippen LogP contribution in [0.5, 0.6) is 11.5 Å². The van der Waals surface area contributed by atoms with Crippen LogP contribution in [-0.2, 0) is 27.3 Å². The van der Waals surface area contributed by atoms with Crippen molar-refractivity contribution in [2.75, 3.05) is 32.9 Å². The number of rotatable bonds is 17. The molecule has 0 aliphatic carbocycles. The summed E-state index contributed by atoms with van der Waals surface area (Å²) in [6.45, 7) is 5.93. The number of hydrogen-bond acceptors (Lipinski definition) is 6. The summed E-state index contributed by atoms with van der Waals surface area (Å²) in [5, 5.41) is 10.4. The molecule has 0 radical (unpaired) electrons. The van der Waals surface area contributed by atoms with Gasteiger partial charge < -0.3 is 29.0 Å². The molecular formula is C32H37Cl2NO7. The molecule has 0 bridgehead atoms. The number of carboxylic acids is 1. The van der Waals surface area contributed by atoms with Crippen LogP contribution in [0.15, 0.2) is 66.7 Å². The van der Waals surface area contributed by atoms with Gasteiger partial charge >= 0.3 is 12.1 Å². The zero-order valence-corrected chi connectivity index (χ0v) is 25.4. The standard InChI is InChI=1S/C32H37Cl2NO7/c1-3-40-30(31(36)37)20-24-10-12-28(13-11-24)41-17-15-35(32(38)42-29-9-5-4-8-23(29)2)14-6-7-16-39-22-25-18-26(33)21-27(34)19-25/h4-5,8-13,18-19,21,30H,3,6-7,14-17,20,22H2,1-2H3,(H,36,37). The van der Waals surface area contributed by atoms with E-state index >= 15 is 0 Å². The molecule has 1 N–H and O–H groups in total. The third-order valence-corrected chi connectivity index (χ3v) is 6.76. The highest BCUT2D eigenvalue weighted by molar-refractivity contribution is 6.34. The zero-order valence-electron chi connectivity index (χ0n) is 23.9. The number of hydrogen-bond donors (Lipinski definition) is 1. The van der Waals surface area contributed by atoms with Crippen LogP contribution < -0.4 is 9.47 Å². The van der Waals surface area contributed by atoms with Gasteiger partial charge in [-0.1, -0.05) is 53.5 Å². The molecule has 3 aromatic carbocycles. The third-order valence-electron chi connectivity index (χ3n) is 6.32. The maximum Gasteiger partial charge on any atom is 0.415 e. The summed E-state index contributed by atoms with van der Waals surface area (Å²) >= 11 is 12.1. The van der Waals surface area contributed by atoms with E-state index in [1.165, 1.54) is 0 Å². The lowest BCUT2D eigenvalue weighted by atomic mass is 10.1. The number of amides is 1. The van der Waals surface area contributed by atoms with Gasteiger partial charge in [-0.15, -0.1) is 0 Å². The Kier molecular flexibility index (Phi) is 13.9. The number of nitrogens with zero attached hydrogens (tertiary/aromatic N) is 1. The Labute approximate surface area is 257 Å². The average Bonchev–Trinajstić information content (AvgIpc) is 2.95. The summed E-state index contributed by atoms with van der Waals surface area (Å²) in [6, 6.07) is 19.9. The van der Waals surface area contributed by atoms with E-state index in [9.17, 15) is 14.7 Å². The fourth-order valence-corrected chi connectivity index (χ4v) is 4.71. The van der Waals surface area contributed by atoms with E-state index in [0.717, 1.165) is 23.1 Å². The predicted octanol–water partition coefficient (Wildman–Crippen LogP) is 7.21. The van der Waals surface area contributed by atoms with E-state index in [1.807, 2.05) is 49.4 Å². The van der Waals surface area contributed by atoms with Gasteiger partial charge in [-0.25, -0.2) is 9.59 Å². The molecule has 42 heavy (non-hydrogen) atoms. The second kappa shape index (κ2) is 17.6. The molecule has 10 heteroatoms. The van der Waals surface area contributed by atoms with E-state index in [4.69, 9.17) is 42.1 Å². The van der Waals surface area contributed by atoms with Gasteiger partial charge in [-0.2, -0.15) is 0 Å². The second-order valence-electron chi connectivity index (χ2n) is 9.64. The third kappa shape index (κ3) is 11.5. The average molecular weight is 619 g/mol. The molecule has 3 rings (SSSR count). The maximum absolute atomic E-state index is 13.1. The maximum atomic E-state index is 13.1. The number of carbonyl (C=O) groups is 2. The van der Waals surface area contributed by atoms with Crippen LogP contribution in [0.2, 0.25) is 10.0 Å². The number of carbonyl (C=O) groups excluding carboxylic acids is 1. The number of unbranched alkanes of at least 4 members (excludes halogenated alkanes) is 1. The zero-order chi connectivity index (χ0) is 30.3. The lowest BCUT2D eigenvalue weighted by Crippen LogP contribution is -2.37. The monoisotopic (exact) mass is 617 g/mol. The van der Waals surface area contributed by atoms with Crippen molar-refractivity contribution in [3.8, 4) is 11.5 Å². The molecule has 0 fully saturated rings. The number of aryl methyl sites for hydroxylation is 1. The highest BCUT2D eigenvalue weighted by atomic mass is 35.5. The lowest BCUT2D eigenvalue weighted by Gasteiger charge is -2.22. The summed E-state index contributed by atoms with van der Waals surface area (Å²) in [5.41, 5.74) is 2.59. The Morgan fingerprint density at radius 2 is 1.62 bits per heavy atom. The first-order chi connectivity index (χ1) is 20.2. The first kappa shape index (κ1) is 33.2. The molecule has 0 aliphatic rings. The highest BCUT2D eigenvalue weighted by Crippen LogP contribution is 2.20. The van der Waals surface area contributed by atoms with E-state index in [1.54, 1.807) is 36.1 Å². The molecule has 0 spiro atoms. The second-order valence-corrected chi connectivity index (χ2v) is 10.5. The number of ether oxygens (including phenoxy) is 4. The van der Waals surface area contributed by atoms with Gasteiger partial charge in [0.25, 0.3) is 0 Å². The molecule has 3 aromatic rings. The first-order valence-corrected chi connectivity index (χ1v) is 14.6. The smallest absolute Gasteiger partial charge is 0.415 e. The van der Waals surface area contributed by atoms with E-state index < -0.39 is 18.2 Å². The summed E-state index contributed by atoms with van der Waals surface area (Å²) in [5.74, 6) is 0.135. The largest absolute Gasteiger partial charge is 0.492 e. The molecule has 0 heterocycles. The Hall–Kier alpha value is -3.30. The van der Waals surface area contributed by atoms with Crippen LogP contribution in [-0.4, -0.2) is 61.1 Å². The summed E-state index contributed by atoms with van der Waals surface area (Å²) in [7, 11) is 0. The van der Waals surface area contributed by atoms with Gasteiger partial charge in [0.05, 0.1) is 13.2 Å². The van der Waals surface area contributed by atoms with Gasteiger partial charge in [0, 0.05) is 36.2 Å². The topological polar surface area (TPSA) is 94.5 Å². The van der Waals surface area contributed by atoms with Gasteiger partial charge in [0.2, 0.25) is 0 Å². The van der Waals surface area contributed by atoms with Crippen molar-refractivity contribution >= 4 is 35.3 Å². The van der Waals surface area contributed by atoms with Crippen molar-refractivity contribution in [3.63, 3.8) is 0 Å².